The van der Waals surface area contributed by atoms with Crippen LogP contribution in [0.5, 0.6) is 0 Å². The maximum absolute atomic E-state index is 12.6. The summed E-state index contributed by atoms with van der Waals surface area (Å²) in [5.74, 6) is -3.24. The number of carbonyl (C=O) groups excluding carboxylic acids is 4. The van der Waals surface area contributed by atoms with Crippen molar-refractivity contribution in [1.82, 2.24) is 4.98 Å². The highest BCUT2D eigenvalue weighted by Gasteiger charge is 2.28. The number of hydrogen-bond acceptors (Lipinski definition) is 9. The lowest BCUT2D eigenvalue weighted by molar-refractivity contribution is -0.152. The molecule has 34 heavy (non-hydrogen) atoms. The molecular weight excluding hydrogens is 442 g/mol. The van der Waals surface area contributed by atoms with Crippen LogP contribution in [0.4, 0.5) is 0 Å². The number of methoxy groups -OCH3 is 2. The molecule has 0 radical (unpaired) electrons. The molecule has 9 nitrogen and oxygen atoms in total. The molecule has 0 bridgehead atoms. The van der Waals surface area contributed by atoms with Crippen LogP contribution in [0.2, 0.25) is 0 Å². The van der Waals surface area contributed by atoms with Gasteiger partial charge in [-0.2, -0.15) is 0 Å². The fourth-order valence-corrected chi connectivity index (χ4v) is 2.95. The van der Waals surface area contributed by atoms with Gasteiger partial charge in [-0.25, -0.2) is 24.2 Å². The van der Waals surface area contributed by atoms with Gasteiger partial charge in [-0.15, -0.1) is 0 Å². The molecule has 0 amide bonds. The van der Waals surface area contributed by atoms with E-state index in [1.54, 1.807) is 60.7 Å². The standard InChI is InChI=1S/C25H21NO8/c1-31-24(29)20(16-9-5-3-6-10-16)33-22(27)18-13-14-19(26-15-18)23(28)34-21(25(30)32-2)17-11-7-4-8-12-17/h3-15,20-21H,1-2H3. The first-order valence-corrected chi connectivity index (χ1v) is 10.1. The molecule has 0 aliphatic heterocycles. The summed E-state index contributed by atoms with van der Waals surface area (Å²) < 4.78 is 20.0. The van der Waals surface area contributed by atoms with Gasteiger partial charge in [-0.05, 0) is 12.1 Å². The van der Waals surface area contributed by atoms with Gasteiger partial charge >= 0.3 is 23.9 Å². The minimum absolute atomic E-state index is 0.00559. The van der Waals surface area contributed by atoms with Crippen LogP contribution in [0.3, 0.4) is 0 Å². The summed E-state index contributed by atoms with van der Waals surface area (Å²) in [6, 6.07) is 19.3. The van der Waals surface area contributed by atoms with Gasteiger partial charge in [0.05, 0.1) is 19.8 Å². The van der Waals surface area contributed by atoms with Gasteiger partial charge in [-0.1, -0.05) is 60.7 Å². The van der Waals surface area contributed by atoms with Crippen LogP contribution in [-0.4, -0.2) is 43.1 Å². The first-order valence-electron chi connectivity index (χ1n) is 10.1. The third-order valence-electron chi connectivity index (χ3n) is 4.69. The SMILES string of the molecule is COC(=O)C(OC(=O)c1ccc(C(=O)OC(C(=O)OC)c2ccccc2)nc1)c1ccccc1. The molecule has 0 aliphatic carbocycles. The maximum atomic E-state index is 12.6. The Morgan fingerprint density at radius 3 is 1.53 bits per heavy atom. The molecule has 2 aromatic carbocycles. The van der Waals surface area contributed by atoms with Gasteiger partial charge < -0.3 is 18.9 Å². The summed E-state index contributed by atoms with van der Waals surface area (Å²) in [4.78, 5) is 53.3. The predicted molar refractivity (Wildman–Crippen MR) is 117 cm³/mol. The number of carbonyl (C=O) groups is 4. The van der Waals surface area contributed by atoms with Crippen molar-refractivity contribution < 1.29 is 38.1 Å². The van der Waals surface area contributed by atoms with Crippen LogP contribution in [0, 0.1) is 0 Å². The highest BCUT2D eigenvalue weighted by molar-refractivity contribution is 5.93. The van der Waals surface area contributed by atoms with Gasteiger partial charge in [0.2, 0.25) is 12.2 Å². The van der Waals surface area contributed by atoms with E-state index in [4.69, 9.17) is 18.9 Å². The molecule has 2 atom stereocenters. The Balaban J connectivity index is 1.73. The number of rotatable bonds is 8. The van der Waals surface area contributed by atoms with E-state index in [2.05, 4.69) is 4.98 Å². The summed E-state index contributed by atoms with van der Waals surface area (Å²) in [7, 11) is 2.37. The molecular formula is C25H21NO8. The van der Waals surface area contributed by atoms with Crippen LogP contribution < -0.4 is 0 Å². The third-order valence-corrected chi connectivity index (χ3v) is 4.69. The molecule has 1 aromatic heterocycles. The molecule has 174 valence electrons. The van der Waals surface area contributed by atoms with Crippen LogP contribution in [0.25, 0.3) is 0 Å². The van der Waals surface area contributed by atoms with Crippen molar-refractivity contribution in [2.24, 2.45) is 0 Å². The minimum Gasteiger partial charge on any atom is -0.466 e. The molecule has 3 aromatic rings. The normalized spacial score (nSPS) is 12.1. The summed E-state index contributed by atoms with van der Waals surface area (Å²) in [5, 5.41) is 0. The topological polar surface area (TPSA) is 118 Å². The zero-order valence-corrected chi connectivity index (χ0v) is 18.4. The lowest BCUT2D eigenvalue weighted by Crippen LogP contribution is -2.22. The van der Waals surface area contributed by atoms with Gasteiger partial charge in [0, 0.05) is 17.3 Å². The maximum Gasteiger partial charge on any atom is 0.358 e. The predicted octanol–water partition coefficient (Wildman–Crippen LogP) is 3.22. The van der Waals surface area contributed by atoms with E-state index in [9.17, 15) is 19.2 Å². The van der Waals surface area contributed by atoms with E-state index >= 15 is 0 Å². The average Bonchev–Trinajstić information content (AvgIpc) is 2.90. The first-order chi connectivity index (χ1) is 16.4. The Morgan fingerprint density at radius 1 is 0.647 bits per heavy atom. The minimum atomic E-state index is -1.28. The van der Waals surface area contributed by atoms with Crippen molar-refractivity contribution in [1.29, 1.82) is 0 Å². The lowest BCUT2D eigenvalue weighted by Gasteiger charge is -2.16. The molecule has 0 spiro atoms. The van der Waals surface area contributed by atoms with Crippen LogP contribution in [-0.2, 0) is 28.5 Å². The Kier molecular flexibility index (Phi) is 8.07. The van der Waals surface area contributed by atoms with E-state index < -0.39 is 36.1 Å². The Bertz CT molecular complexity index is 1050. The molecule has 0 saturated carbocycles. The monoisotopic (exact) mass is 463 g/mol. The smallest absolute Gasteiger partial charge is 0.358 e. The van der Waals surface area contributed by atoms with Gasteiger partial charge in [0.25, 0.3) is 0 Å². The first kappa shape index (κ1) is 24.1. The van der Waals surface area contributed by atoms with Crippen LogP contribution in [0.1, 0.15) is 44.2 Å². The Morgan fingerprint density at radius 2 is 1.12 bits per heavy atom. The second kappa shape index (κ2) is 11.4. The van der Waals surface area contributed by atoms with Crippen molar-refractivity contribution in [2.75, 3.05) is 14.2 Å². The number of ether oxygens (including phenoxy) is 4. The lowest BCUT2D eigenvalue weighted by atomic mass is 10.1. The highest BCUT2D eigenvalue weighted by Crippen LogP contribution is 2.22. The average molecular weight is 463 g/mol. The summed E-state index contributed by atoms with van der Waals surface area (Å²) in [5.41, 5.74) is 0.714. The van der Waals surface area contributed by atoms with E-state index in [1.807, 2.05) is 0 Å². The highest BCUT2D eigenvalue weighted by atomic mass is 16.6. The number of aromatic nitrogens is 1. The van der Waals surface area contributed by atoms with Crippen molar-refractivity contribution in [2.45, 2.75) is 12.2 Å². The number of esters is 4. The molecule has 3 rings (SSSR count). The van der Waals surface area contributed by atoms with Crippen LogP contribution in [0.15, 0.2) is 79.0 Å². The van der Waals surface area contributed by atoms with Crippen molar-refractivity contribution >= 4 is 23.9 Å². The number of pyridine rings is 1. The quantitative estimate of drug-likeness (QED) is 0.366. The number of nitrogens with zero attached hydrogens (tertiary/aromatic N) is 1. The second-order valence-electron chi connectivity index (χ2n) is 6.87. The van der Waals surface area contributed by atoms with Crippen molar-refractivity contribution in [3.63, 3.8) is 0 Å². The van der Waals surface area contributed by atoms with Crippen molar-refractivity contribution in [3.8, 4) is 0 Å². The Hall–Kier alpha value is -4.53. The van der Waals surface area contributed by atoms with E-state index in [0.717, 1.165) is 6.20 Å². The van der Waals surface area contributed by atoms with E-state index in [0.29, 0.717) is 11.1 Å². The fraction of sp³-hybridized carbons (Fsp3) is 0.160. The second-order valence-corrected chi connectivity index (χ2v) is 6.87. The summed E-state index contributed by atoms with van der Waals surface area (Å²) in [6.45, 7) is 0. The number of hydrogen-bond donors (Lipinski definition) is 0. The van der Waals surface area contributed by atoms with Crippen LogP contribution >= 0.6 is 0 Å². The molecule has 0 aliphatic rings. The molecule has 0 saturated heterocycles. The molecule has 9 heteroatoms. The fourth-order valence-electron chi connectivity index (χ4n) is 2.95. The van der Waals surface area contributed by atoms with Gasteiger partial charge in [-0.3, -0.25) is 0 Å². The molecule has 0 N–H and O–H groups in total. The molecule has 1 heterocycles. The zero-order chi connectivity index (χ0) is 24.5. The van der Waals surface area contributed by atoms with Gasteiger partial charge in [0.1, 0.15) is 5.69 Å². The van der Waals surface area contributed by atoms with Crippen molar-refractivity contribution in [3.05, 3.63) is 101 Å². The Labute approximate surface area is 195 Å². The zero-order valence-electron chi connectivity index (χ0n) is 18.4. The summed E-state index contributed by atoms with van der Waals surface area (Å²) >= 11 is 0. The molecule has 2 unspecified atom stereocenters. The van der Waals surface area contributed by atoms with E-state index in [-0.39, 0.29) is 11.3 Å². The van der Waals surface area contributed by atoms with Gasteiger partial charge in [0.15, 0.2) is 0 Å². The molecule has 0 fully saturated rings. The summed E-state index contributed by atoms with van der Waals surface area (Å²) in [6.07, 6.45) is -1.44. The van der Waals surface area contributed by atoms with E-state index in [1.165, 1.54) is 26.4 Å². The largest absolute Gasteiger partial charge is 0.466 e. The number of benzene rings is 2. The third kappa shape index (κ3) is 5.83.